The zero-order chi connectivity index (χ0) is 17.4. The smallest absolute Gasteiger partial charge is 0.243 e. The number of halogens is 1. The van der Waals surface area contributed by atoms with Crippen LogP contribution in [-0.4, -0.2) is 29.5 Å². The predicted octanol–water partition coefficient (Wildman–Crippen LogP) is 2.96. The first-order valence-electron chi connectivity index (χ1n) is 7.93. The molecular weight excluding hydrogens is 341 g/mol. The second-order valence-corrected chi connectivity index (χ2v) is 7.85. The Morgan fingerprint density at radius 1 is 1.04 bits per heavy atom. The van der Waals surface area contributed by atoms with Gasteiger partial charge in [0.25, 0.3) is 0 Å². The number of hydrogen-bond acceptors (Lipinski definition) is 3. The molecule has 1 aliphatic heterocycles. The van der Waals surface area contributed by atoms with E-state index in [1.54, 1.807) is 48.5 Å². The number of aromatic nitrogens is 2. The second kappa shape index (κ2) is 6.09. The van der Waals surface area contributed by atoms with Crippen molar-refractivity contribution in [3.8, 4) is 11.3 Å². The van der Waals surface area contributed by atoms with Crippen LogP contribution in [-0.2, 0) is 23.0 Å². The van der Waals surface area contributed by atoms with Crippen LogP contribution < -0.4 is 0 Å². The number of rotatable bonds is 3. The molecule has 0 saturated heterocycles. The van der Waals surface area contributed by atoms with Crippen LogP contribution in [0.4, 0.5) is 4.39 Å². The van der Waals surface area contributed by atoms with Gasteiger partial charge in [0.2, 0.25) is 10.0 Å². The highest BCUT2D eigenvalue weighted by Crippen LogP contribution is 2.32. The van der Waals surface area contributed by atoms with Crippen molar-refractivity contribution in [3.05, 3.63) is 71.7 Å². The van der Waals surface area contributed by atoms with E-state index in [9.17, 15) is 12.8 Å². The summed E-state index contributed by atoms with van der Waals surface area (Å²) in [4.78, 5) is 0.259. The maximum absolute atomic E-state index is 14.1. The summed E-state index contributed by atoms with van der Waals surface area (Å²) in [5, 5.41) is 7.16. The van der Waals surface area contributed by atoms with Gasteiger partial charge < -0.3 is 0 Å². The van der Waals surface area contributed by atoms with Gasteiger partial charge in [-0.2, -0.15) is 9.40 Å². The monoisotopic (exact) mass is 357 g/mol. The third kappa shape index (κ3) is 2.75. The van der Waals surface area contributed by atoms with Gasteiger partial charge in [-0.1, -0.05) is 30.3 Å². The fourth-order valence-electron chi connectivity index (χ4n) is 3.09. The molecule has 7 heteroatoms. The Bertz CT molecular complexity index is 1020. The Balaban J connectivity index is 1.73. The molecule has 0 amide bonds. The third-order valence-corrected chi connectivity index (χ3v) is 6.27. The van der Waals surface area contributed by atoms with Crippen molar-refractivity contribution in [2.45, 2.75) is 17.9 Å². The number of aromatic amines is 1. The minimum atomic E-state index is -3.59. The van der Waals surface area contributed by atoms with Gasteiger partial charge in [-0.15, -0.1) is 0 Å². The number of sulfonamides is 1. The summed E-state index contributed by atoms with van der Waals surface area (Å²) in [5.41, 5.74) is 2.44. The third-order valence-electron chi connectivity index (χ3n) is 4.41. The van der Waals surface area contributed by atoms with Crippen LogP contribution in [0, 0.1) is 5.82 Å². The highest BCUT2D eigenvalue weighted by Gasteiger charge is 2.31. The van der Waals surface area contributed by atoms with E-state index >= 15 is 0 Å². The summed E-state index contributed by atoms with van der Waals surface area (Å²) in [5.74, 6) is -0.375. The Morgan fingerprint density at radius 2 is 1.76 bits per heavy atom. The van der Waals surface area contributed by atoms with E-state index in [2.05, 4.69) is 10.2 Å². The lowest BCUT2D eigenvalue weighted by atomic mass is 10.0. The first-order valence-corrected chi connectivity index (χ1v) is 9.37. The summed E-state index contributed by atoms with van der Waals surface area (Å²) < 4.78 is 41.3. The van der Waals surface area contributed by atoms with Crippen LogP contribution in [0.1, 0.15) is 11.3 Å². The molecule has 0 unspecified atom stereocenters. The lowest BCUT2D eigenvalue weighted by Gasteiger charge is -2.26. The van der Waals surface area contributed by atoms with Crippen molar-refractivity contribution in [1.82, 2.24) is 14.5 Å². The van der Waals surface area contributed by atoms with E-state index in [0.29, 0.717) is 24.2 Å². The first kappa shape index (κ1) is 16.0. The molecule has 1 aromatic heterocycles. The van der Waals surface area contributed by atoms with Crippen LogP contribution in [0.25, 0.3) is 11.3 Å². The molecule has 25 heavy (non-hydrogen) atoms. The van der Waals surface area contributed by atoms with Gasteiger partial charge in [-0.3, -0.25) is 5.10 Å². The number of fused-ring (bicyclic) bond motifs is 1. The predicted molar refractivity (Wildman–Crippen MR) is 91.7 cm³/mol. The normalized spacial score (nSPS) is 15.1. The van der Waals surface area contributed by atoms with E-state index in [0.717, 1.165) is 11.3 Å². The number of nitrogens with zero attached hydrogens (tertiary/aromatic N) is 2. The average molecular weight is 357 g/mol. The maximum atomic E-state index is 14.1. The van der Waals surface area contributed by atoms with Crippen molar-refractivity contribution in [2.24, 2.45) is 0 Å². The van der Waals surface area contributed by atoms with E-state index < -0.39 is 10.0 Å². The highest BCUT2D eigenvalue weighted by molar-refractivity contribution is 7.89. The average Bonchev–Trinajstić information content (AvgIpc) is 3.06. The van der Waals surface area contributed by atoms with Crippen molar-refractivity contribution in [3.63, 3.8) is 0 Å². The topological polar surface area (TPSA) is 66.1 Å². The van der Waals surface area contributed by atoms with Gasteiger partial charge in [0.05, 0.1) is 10.6 Å². The number of H-pyrrole nitrogens is 1. The maximum Gasteiger partial charge on any atom is 0.243 e. The van der Waals surface area contributed by atoms with Crippen LogP contribution in [0.3, 0.4) is 0 Å². The molecule has 2 aromatic carbocycles. The SMILES string of the molecule is O=S(=O)(c1ccccc1)N1CCc2[nH]nc(-c3ccccc3F)c2C1. The summed E-state index contributed by atoms with van der Waals surface area (Å²) in [6, 6.07) is 14.7. The molecular formula is C18H16FN3O2S. The zero-order valence-electron chi connectivity index (χ0n) is 13.3. The van der Waals surface area contributed by atoms with E-state index in [-0.39, 0.29) is 17.3 Å². The Hall–Kier alpha value is -2.51. The number of nitrogens with one attached hydrogen (secondary N) is 1. The Labute approximate surface area is 145 Å². The van der Waals surface area contributed by atoms with Crippen LogP contribution in [0.2, 0.25) is 0 Å². The highest BCUT2D eigenvalue weighted by atomic mass is 32.2. The molecule has 5 nitrogen and oxygen atoms in total. The molecule has 4 rings (SSSR count). The number of benzene rings is 2. The van der Waals surface area contributed by atoms with Crippen molar-refractivity contribution in [2.75, 3.05) is 6.54 Å². The first-order chi connectivity index (χ1) is 12.1. The van der Waals surface area contributed by atoms with Gasteiger partial charge in [-0.25, -0.2) is 12.8 Å². The van der Waals surface area contributed by atoms with Gasteiger partial charge in [0.15, 0.2) is 0 Å². The summed E-state index contributed by atoms with van der Waals surface area (Å²) in [6.45, 7) is 0.538. The zero-order valence-corrected chi connectivity index (χ0v) is 14.1. The van der Waals surface area contributed by atoms with Crippen LogP contribution in [0.5, 0.6) is 0 Å². The van der Waals surface area contributed by atoms with Crippen molar-refractivity contribution in [1.29, 1.82) is 0 Å². The second-order valence-electron chi connectivity index (χ2n) is 5.91. The lowest BCUT2D eigenvalue weighted by Crippen LogP contribution is -2.35. The minimum Gasteiger partial charge on any atom is -0.282 e. The molecule has 1 aliphatic rings. The fourth-order valence-corrected chi connectivity index (χ4v) is 4.52. The largest absolute Gasteiger partial charge is 0.282 e. The molecule has 128 valence electrons. The Kier molecular flexibility index (Phi) is 3.89. The van der Waals surface area contributed by atoms with E-state index in [4.69, 9.17) is 0 Å². The molecule has 0 atom stereocenters. The molecule has 3 aromatic rings. The van der Waals surface area contributed by atoms with Gasteiger partial charge >= 0.3 is 0 Å². The standard InChI is InChI=1S/C18H16FN3O2S/c19-16-9-5-4-8-14(16)18-15-12-22(11-10-17(15)20-21-18)25(23,24)13-6-2-1-3-7-13/h1-9H,10-12H2,(H,20,21). The molecule has 0 aliphatic carbocycles. The quantitative estimate of drug-likeness (QED) is 0.784. The molecule has 1 N–H and O–H groups in total. The van der Waals surface area contributed by atoms with Crippen molar-refractivity contribution < 1.29 is 12.8 Å². The lowest BCUT2D eigenvalue weighted by molar-refractivity contribution is 0.390. The van der Waals surface area contributed by atoms with Gasteiger partial charge in [0, 0.05) is 36.3 Å². The molecule has 0 saturated carbocycles. The minimum absolute atomic E-state index is 0.173. The fraction of sp³-hybridized carbons (Fsp3) is 0.167. The molecule has 0 radical (unpaired) electrons. The summed E-state index contributed by atoms with van der Waals surface area (Å²) in [6.07, 6.45) is 0.517. The molecule has 0 spiro atoms. The molecule has 2 heterocycles. The summed E-state index contributed by atoms with van der Waals surface area (Å²) >= 11 is 0. The molecule has 0 bridgehead atoms. The molecule has 0 fully saturated rings. The Morgan fingerprint density at radius 3 is 2.52 bits per heavy atom. The van der Waals surface area contributed by atoms with Gasteiger partial charge in [0.1, 0.15) is 5.82 Å². The summed E-state index contributed by atoms with van der Waals surface area (Å²) in [7, 11) is -3.59. The van der Waals surface area contributed by atoms with Crippen molar-refractivity contribution >= 4 is 10.0 Å². The van der Waals surface area contributed by atoms with Crippen LogP contribution in [0.15, 0.2) is 59.5 Å². The van der Waals surface area contributed by atoms with E-state index in [1.807, 2.05) is 0 Å². The van der Waals surface area contributed by atoms with Gasteiger partial charge in [-0.05, 0) is 24.3 Å². The number of hydrogen-bond donors (Lipinski definition) is 1. The van der Waals surface area contributed by atoms with Crippen LogP contribution >= 0.6 is 0 Å². The van der Waals surface area contributed by atoms with E-state index in [1.165, 1.54) is 10.4 Å².